The van der Waals surface area contributed by atoms with Gasteiger partial charge in [0.05, 0.1) is 0 Å². The van der Waals surface area contributed by atoms with Crippen molar-refractivity contribution in [3.05, 3.63) is 0 Å². The fraction of sp³-hybridized carbons (Fsp3) is 1.00. The third kappa shape index (κ3) is 3.22. The smallest absolute Gasteiger partial charge is 0.195 e. The van der Waals surface area contributed by atoms with E-state index in [1.165, 1.54) is 0 Å². The average Bonchev–Trinajstić information content (AvgIpc) is 2.84. The molecule has 0 aliphatic carbocycles. The molecular weight excluding hydrogens is 304 g/mol. The van der Waals surface area contributed by atoms with Crippen molar-refractivity contribution < 1.29 is 8.42 Å². The van der Waals surface area contributed by atoms with Crippen LogP contribution in [-0.4, -0.2) is 48.5 Å². The van der Waals surface area contributed by atoms with Crippen LogP contribution in [0.25, 0.3) is 0 Å². The Morgan fingerprint density at radius 2 is 1.71 bits per heavy atom. The van der Waals surface area contributed by atoms with E-state index in [1.807, 2.05) is 0 Å². The van der Waals surface area contributed by atoms with Crippen molar-refractivity contribution in [3.8, 4) is 0 Å². The lowest BCUT2D eigenvalue weighted by Crippen LogP contribution is -2.47. The van der Waals surface area contributed by atoms with Crippen LogP contribution >= 0.6 is 15.9 Å². The Kier molecular flexibility index (Phi) is 4.86. The van der Waals surface area contributed by atoms with Gasteiger partial charge in [0, 0.05) is 31.5 Å². The molecule has 2 aliphatic rings. The van der Waals surface area contributed by atoms with E-state index in [2.05, 4.69) is 15.9 Å². The lowest BCUT2D eigenvalue weighted by atomic mass is 9.97. The maximum Gasteiger partial charge on any atom is 0.281 e. The van der Waals surface area contributed by atoms with Gasteiger partial charge < -0.3 is 0 Å². The van der Waals surface area contributed by atoms with Gasteiger partial charge in [0.15, 0.2) is 0 Å². The van der Waals surface area contributed by atoms with Gasteiger partial charge in [0.25, 0.3) is 10.2 Å². The van der Waals surface area contributed by atoms with Crippen LogP contribution in [-0.2, 0) is 10.2 Å². The Balaban J connectivity index is 2.00. The zero-order chi connectivity index (χ0) is 12.3. The summed E-state index contributed by atoms with van der Waals surface area (Å²) in [5.74, 6) is 0.528. The molecule has 0 amide bonds. The van der Waals surface area contributed by atoms with Gasteiger partial charge in [-0.2, -0.15) is 17.0 Å². The van der Waals surface area contributed by atoms with Crippen molar-refractivity contribution in [2.24, 2.45) is 5.92 Å². The number of alkyl halides is 1. The van der Waals surface area contributed by atoms with E-state index in [0.29, 0.717) is 32.1 Å². The van der Waals surface area contributed by atoms with E-state index in [-0.39, 0.29) is 0 Å². The van der Waals surface area contributed by atoms with Crippen LogP contribution in [0.15, 0.2) is 0 Å². The zero-order valence-electron chi connectivity index (χ0n) is 10.1. The Morgan fingerprint density at radius 3 is 2.35 bits per heavy atom. The summed E-state index contributed by atoms with van der Waals surface area (Å²) < 4.78 is 28.1. The Morgan fingerprint density at radius 1 is 1.06 bits per heavy atom. The summed E-state index contributed by atoms with van der Waals surface area (Å²) in [5.41, 5.74) is 0. The quantitative estimate of drug-likeness (QED) is 0.740. The molecule has 0 radical (unpaired) electrons. The number of rotatable bonds is 4. The number of halogens is 1. The first-order valence-corrected chi connectivity index (χ1v) is 8.97. The topological polar surface area (TPSA) is 40.6 Å². The van der Waals surface area contributed by atoms with Gasteiger partial charge in [0.1, 0.15) is 0 Å². The van der Waals surface area contributed by atoms with Gasteiger partial charge in [-0.1, -0.05) is 15.9 Å². The summed E-state index contributed by atoms with van der Waals surface area (Å²) >= 11 is 3.44. The minimum Gasteiger partial charge on any atom is -0.195 e. The van der Waals surface area contributed by atoms with Gasteiger partial charge in [0.2, 0.25) is 0 Å². The van der Waals surface area contributed by atoms with Crippen LogP contribution in [0.1, 0.15) is 32.1 Å². The molecular formula is C11H21BrN2O2S. The molecule has 2 saturated heterocycles. The highest BCUT2D eigenvalue weighted by atomic mass is 79.9. The Labute approximate surface area is 113 Å². The summed E-state index contributed by atoms with van der Waals surface area (Å²) in [7, 11) is -3.16. The molecule has 1 atom stereocenters. The van der Waals surface area contributed by atoms with Gasteiger partial charge >= 0.3 is 0 Å². The maximum atomic E-state index is 12.4. The molecule has 6 heteroatoms. The third-order valence-corrected chi connectivity index (χ3v) is 6.18. The predicted octanol–water partition coefficient (Wildman–Crippen LogP) is 1.82. The van der Waals surface area contributed by atoms with E-state index < -0.39 is 10.2 Å². The number of hydrogen-bond acceptors (Lipinski definition) is 2. The molecule has 0 spiro atoms. The van der Waals surface area contributed by atoms with Gasteiger partial charge in [-0.25, -0.2) is 0 Å². The Hall–Kier alpha value is 0.350. The Bertz CT molecular complexity index is 339. The maximum absolute atomic E-state index is 12.4. The molecule has 0 bridgehead atoms. The average molecular weight is 325 g/mol. The van der Waals surface area contributed by atoms with Crippen LogP contribution in [0.2, 0.25) is 0 Å². The van der Waals surface area contributed by atoms with E-state index in [9.17, 15) is 8.42 Å². The van der Waals surface area contributed by atoms with Crippen molar-refractivity contribution in [2.75, 3.05) is 31.5 Å². The fourth-order valence-electron chi connectivity index (χ4n) is 2.71. The highest BCUT2D eigenvalue weighted by Gasteiger charge is 2.34. The predicted molar refractivity (Wildman–Crippen MR) is 72.4 cm³/mol. The molecule has 2 fully saturated rings. The summed E-state index contributed by atoms with van der Waals surface area (Å²) in [6, 6.07) is 0. The van der Waals surface area contributed by atoms with Crippen molar-refractivity contribution in [3.63, 3.8) is 0 Å². The van der Waals surface area contributed by atoms with Crippen LogP contribution in [0.4, 0.5) is 0 Å². The second kappa shape index (κ2) is 5.99. The molecule has 0 aromatic carbocycles. The largest absolute Gasteiger partial charge is 0.281 e. The van der Waals surface area contributed by atoms with E-state index in [4.69, 9.17) is 0 Å². The van der Waals surface area contributed by atoms with Gasteiger partial charge in [-0.3, -0.25) is 0 Å². The van der Waals surface area contributed by atoms with E-state index in [1.54, 1.807) is 8.61 Å². The van der Waals surface area contributed by atoms with Crippen molar-refractivity contribution in [1.82, 2.24) is 8.61 Å². The van der Waals surface area contributed by atoms with Crippen LogP contribution in [0.3, 0.4) is 0 Å². The third-order valence-electron chi connectivity index (χ3n) is 3.72. The highest BCUT2D eigenvalue weighted by Crippen LogP contribution is 2.25. The molecule has 100 valence electrons. The standard InChI is InChI=1S/C11H21BrN2O2S/c12-6-5-11-4-3-9-14(10-11)17(15,16)13-7-1-2-8-13/h11H,1-10H2. The summed E-state index contributed by atoms with van der Waals surface area (Å²) in [4.78, 5) is 0. The number of nitrogens with zero attached hydrogens (tertiary/aromatic N) is 2. The molecule has 0 saturated carbocycles. The number of piperidine rings is 1. The normalized spacial score (nSPS) is 28.6. The van der Waals surface area contributed by atoms with Crippen LogP contribution in [0.5, 0.6) is 0 Å². The van der Waals surface area contributed by atoms with Crippen molar-refractivity contribution in [1.29, 1.82) is 0 Å². The van der Waals surface area contributed by atoms with Crippen LogP contribution < -0.4 is 0 Å². The van der Waals surface area contributed by atoms with Gasteiger partial charge in [-0.15, -0.1) is 0 Å². The molecule has 0 aromatic rings. The lowest BCUT2D eigenvalue weighted by molar-refractivity contribution is 0.248. The van der Waals surface area contributed by atoms with E-state index in [0.717, 1.165) is 37.4 Å². The molecule has 2 aliphatic heterocycles. The monoisotopic (exact) mass is 324 g/mol. The first kappa shape index (κ1) is 13.8. The molecule has 1 unspecified atom stereocenters. The second-order valence-electron chi connectivity index (χ2n) is 4.96. The molecule has 2 heterocycles. The summed E-state index contributed by atoms with van der Waals surface area (Å²) in [6.45, 7) is 2.84. The minimum absolute atomic E-state index is 0.528. The molecule has 17 heavy (non-hydrogen) atoms. The lowest BCUT2D eigenvalue weighted by Gasteiger charge is -2.34. The molecule has 0 N–H and O–H groups in total. The molecule has 0 aromatic heterocycles. The molecule has 2 rings (SSSR count). The number of hydrogen-bond donors (Lipinski definition) is 0. The van der Waals surface area contributed by atoms with Crippen molar-refractivity contribution >= 4 is 26.1 Å². The second-order valence-corrected chi connectivity index (χ2v) is 7.68. The summed E-state index contributed by atoms with van der Waals surface area (Å²) in [5, 5.41) is 0.968. The molecule has 4 nitrogen and oxygen atoms in total. The van der Waals surface area contributed by atoms with E-state index >= 15 is 0 Å². The first-order valence-electron chi connectivity index (χ1n) is 6.46. The SMILES string of the molecule is O=S(=O)(N1CCCC1)N1CCCC(CCBr)C1. The fourth-order valence-corrected chi connectivity index (χ4v) is 5.16. The minimum atomic E-state index is -3.16. The van der Waals surface area contributed by atoms with Crippen molar-refractivity contribution in [2.45, 2.75) is 32.1 Å². The van der Waals surface area contributed by atoms with Gasteiger partial charge in [-0.05, 0) is 38.0 Å². The summed E-state index contributed by atoms with van der Waals surface area (Å²) in [6.07, 6.45) is 5.27. The zero-order valence-corrected chi connectivity index (χ0v) is 12.5. The van der Waals surface area contributed by atoms with Crippen LogP contribution in [0, 0.1) is 5.92 Å². The highest BCUT2D eigenvalue weighted by molar-refractivity contribution is 9.09. The first-order chi connectivity index (χ1) is 8.14.